The summed E-state index contributed by atoms with van der Waals surface area (Å²) < 4.78 is 29.1. The molecule has 8 heteroatoms. The normalized spacial score (nSPS) is 11.7. The van der Waals surface area contributed by atoms with Crippen LogP contribution in [0, 0.1) is 0 Å². The highest BCUT2D eigenvalue weighted by atomic mass is 32.2. The van der Waals surface area contributed by atoms with Gasteiger partial charge in [0.2, 0.25) is 10.0 Å². The fourth-order valence-electron chi connectivity index (χ4n) is 3.02. The van der Waals surface area contributed by atoms with E-state index in [0.29, 0.717) is 13.0 Å². The van der Waals surface area contributed by atoms with E-state index in [1.54, 1.807) is 35.6 Å². The van der Waals surface area contributed by atoms with E-state index in [1.807, 2.05) is 41.8 Å². The topological polar surface area (TPSA) is 81.1 Å². The van der Waals surface area contributed by atoms with E-state index >= 15 is 0 Å². The summed E-state index contributed by atoms with van der Waals surface area (Å²) in [5.74, 6) is 0. The van der Waals surface area contributed by atoms with Crippen LogP contribution in [0.4, 0.5) is 0 Å². The Morgan fingerprint density at radius 2 is 1.79 bits per heavy atom. The SMILES string of the molecule is O=c1ccc(-c2cccs2)nn1CCCNS(=O)(=O)c1ccc2ccccc2c1. The lowest BCUT2D eigenvalue weighted by atomic mass is 10.1. The van der Waals surface area contributed by atoms with Gasteiger partial charge in [-0.2, -0.15) is 5.10 Å². The van der Waals surface area contributed by atoms with Gasteiger partial charge in [0, 0.05) is 19.2 Å². The van der Waals surface area contributed by atoms with E-state index in [2.05, 4.69) is 9.82 Å². The predicted octanol–water partition coefficient (Wildman–Crippen LogP) is 3.49. The first-order chi connectivity index (χ1) is 14.0. The molecule has 0 saturated carbocycles. The third-order valence-electron chi connectivity index (χ3n) is 4.51. The summed E-state index contributed by atoms with van der Waals surface area (Å²) in [6.45, 7) is 0.546. The monoisotopic (exact) mass is 425 g/mol. The Kier molecular flexibility index (Phi) is 5.57. The molecule has 4 rings (SSSR count). The second-order valence-corrected chi connectivity index (χ2v) is 9.23. The fourth-order valence-corrected chi connectivity index (χ4v) is 4.82. The lowest BCUT2D eigenvalue weighted by Crippen LogP contribution is -2.28. The van der Waals surface area contributed by atoms with E-state index < -0.39 is 10.0 Å². The van der Waals surface area contributed by atoms with Crippen molar-refractivity contribution in [1.82, 2.24) is 14.5 Å². The molecule has 2 heterocycles. The minimum Gasteiger partial charge on any atom is -0.268 e. The second-order valence-electron chi connectivity index (χ2n) is 6.52. The molecule has 148 valence electrons. The van der Waals surface area contributed by atoms with Crippen molar-refractivity contribution in [3.05, 3.63) is 82.5 Å². The highest BCUT2D eigenvalue weighted by Crippen LogP contribution is 2.21. The molecule has 0 aliphatic carbocycles. The Morgan fingerprint density at radius 3 is 2.59 bits per heavy atom. The van der Waals surface area contributed by atoms with Gasteiger partial charge in [-0.05, 0) is 46.8 Å². The largest absolute Gasteiger partial charge is 0.268 e. The van der Waals surface area contributed by atoms with Crippen molar-refractivity contribution >= 4 is 32.1 Å². The average Bonchev–Trinajstić information content (AvgIpc) is 3.27. The number of aromatic nitrogens is 2. The second kappa shape index (κ2) is 8.28. The van der Waals surface area contributed by atoms with Crippen LogP contribution in [0.25, 0.3) is 21.3 Å². The van der Waals surface area contributed by atoms with Gasteiger partial charge in [-0.25, -0.2) is 17.8 Å². The smallest absolute Gasteiger partial charge is 0.266 e. The summed E-state index contributed by atoms with van der Waals surface area (Å²) in [5, 5.41) is 8.19. The molecular formula is C21H19N3O3S2. The number of fused-ring (bicyclic) bond motifs is 1. The summed E-state index contributed by atoms with van der Waals surface area (Å²) in [7, 11) is -3.62. The van der Waals surface area contributed by atoms with E-state index in [0.717, 1.165) is 21.3 Å². The van der Waals surface area contributed by atoms with Crippen LogP contribution >= 0.6 is 11.3 Å². The first-order valence-electron chi connectivity index (χ1n) is 9.13. The van der Waals surface area contributed by atoms with Crippen molar-refractivity contribution in [2.45, 2.75) is 17.9 Å². The molecule has 0 aliphatic rings. The molecule has 29 heavy (non-hydrogen) atoms. The van der Waals surface area contributed by atoms with Crippen LogP contribution in [-0.4, -0.2) is 24.7 Å². The van der Waals surface area contributed by atoms with E-state index in [9.17, 15) is 13.2 Å². The highest BCUT2D eigenvalue weighted by Gasteiger charge is 2.14. The third kappa shape index (κ3) is 4.45. The maximum Gasteiger partial charge on any atom is 0.266 e. The third-order valence-corrected chi connectivity index (χ3v) is 6.86. The maximum atomic E-state index is 12.6. The summed E-state index contributed by atoms with van der Waals surface area (Å²) in [4.78, 5) is 13.3. The van der Waals surface area contributed by atoms with E-state index in [1.165, 1.54) is 10.7 Å². The van der Waals surface area contributed by atoms with Crippen LogP contribution in [-0.2, 0) is 16.6 Å². The molecule has 0 unspecified atom stereocenters. The number of nitrogens with zero attached hydrogens (tertiary/aromatic N) is 2. The first kappa shape index (κ1) is 19.5. The molecule has 6 nitrogen and oxygen atoms in total. The number of hydrogen-bond acceptors (Lipinski definition) is 5. The molecule has 2 aromatic heterocycles. The number of aryl methyl sites for hydroxylation is 1. The fraction of sp³-hybridized carbons (Fsp3) is 0.143. The van der Waals surface area contributed by atoms with E-state index in [-0.39, 0.29) is 17.0 Å². The molecule has 0 spiro atoms. The molecule has 0 saturated heterocycles. The van der Waals surface area contributed by atoms with Gasteiger partial charge in [0.1, 0.15) is 5.69 Å². The van der Waals surface area contributed by atoms with Crippen molar-refractivity contribution in [3.8, 4) is 10.6 Å². The Morgan fingerprint density at radius 1 is 0.966 bits per heavy atom. The molecular weight excluding hydrogens is 406 g/mol. The molecule has 0 atom stereocenters. The van der Waals surface area contributed by atoms with Crippen molar-refractivity contribution in [2.24, 2.45) is 0 Å². The minimum atomic E-state index is -3.62. The van der Waals surface area contributed by atoms with Crippen molar-refractivity contribution in [3.63, 3.8) is 0 Å². The van der Waals surface area contributed by atoms with Crippen LogP contribution in [0.5, 0.6) is 0 Å². The zero-order valence-electron chi connectivity index (χ0n) is 15.5. The molecule has 0 radical (unpaired) electrons. The number of benzene rings is 2. The van der Waals surface area contributed by atoms with Crippen LogP contribution in [0.1, 0.15) is 6.42 Å². The van der Waals surface area contributed by atoms with Gasteiger partial charge in [-0.1, -0.05) is 36.4 Å². The van der Waals surface area contributed by atoms with Gasteiger partial charge in [0.25, 0.3) is 5.56 Å². The Balaban J connectivity index is 1.41. The zero-order valence-corrected chi connectivity index (χ0v) is 17.1. The lowest BCUT2D eigenvalue weighted by molar-refractivity contribution is 0.537. The standard InChI is InChI=1S/C21H19N3O3S2/c25-21-11-10-19(20-7-3-14-28-20)23-24(21)13-4-12-22-29(26,27)18-9-8-16-5-1-2-6-17(16)15-18/h1-3,5-11,14-15,22H,4,12-13H2. The van der Waals surface area contributed by atoms with Gasteiger partial charge in [-0.15, -0.1) is 11.3 Å². The van der Waals surface area contributed by atoms with Gasteiger partial charge in [0.15, 0.2) is 0 Å². The van der Waals surface area contributed by atoms with Gasteiger partial charge in [0.05, 0.1) is 9.77 Å². The van der Waals surface area contributed by atoms with Gasteiger partial charge >= 0.3 is 0 Å². The van der Waals surface area contributed by atoms with Crippen molar-refractivity contribution < 1.29 is 8.42 Å². The number of rotatable bonds is 7. The van der Waals surface area contributed by atoms with Crippen LogP contribution in [0.2, 0.25) is 0 Å². The number of hydrogen-bond donors (Lipinski definition) is 1. The summed E-state index contributed by atoms with van der Waals surface area (Å²) in [5.41, 5.74) is 0.527. The average molecular weight is 426 g/mol. The highest BCUT2D eigenvalue weighted by molar-refractivity contribution is 7.89. The quantitative estimate of drug-likeness (QED) is 0.460. The molecule has 0 aliphatic heterocycles. The van der Waals surface area contributed by atoms with Gasteiger partial charge < -0.3 is 0 Å². The molecule has 0 fully saturated rings. The van der Waals surface area contributed by atoms with Gasteiger partial charge in [-0.3, -0.25) is 4.79 Å². The summed E-state index contributed by atoms with van der Waals surface area (Å²) in [6, 6.07) is 19.7. The Hall–Kier alpha value is -2.81. The Bertz CT molecular complexity index is 1300. The molecule has 1 N–H and O–H groups in total. The molecule has 0 amide bonds. The van der Waals surface area contributed by atoms with Crippen molar-refractivity contribution in [1.29, 1.82) is 0 Å². The van der Waals surface area contributed by atoms with Crippen molar-refractivity contribution in [2.75, 3.05) is 6.54 Å². The molecule has 2 aromatic carbocycles. The van der Waals surface area contributed by atoms with Crippen LogP contribution in [0.15, 0.2) is 81.8 Å². The van der Waals surface area contributed by atoms with Crippen LogP contribution in [0.3, 0.4) is 0 Å². The van der Waals surface area contributed by atoms with E-state index in [4.69, 9.17) is 0 Å². The predicted molar refractivity (Wildman–Crippen MR) is 116 cm³/mol. The number of thiophene rings is 1. The number of sulfonamides is 1. The Labute approximate surface area is 172 Å². The molecule has 0 bridgehead atoms. The number of nitrogens with one attached hydrogen (secondary N) is 1. The molecule has 4 aromatic rings. The lowest BCUT2D eigenvalue weighted by Gasteiger charge is -2.09. The first-order valence-corrected chi connectivity index (χ1v) is 11.5. The minimum absolute atomic E-state index is 0.206. The van der Waals surface area contributed by atoms with Crippen LogP contribution < -0.4 is 10.3 Å². The maximum absolute atomic E-state index is 12.6. The zero-order chi connectivity index (χ0) is 20.3. The summed E-state index contributed by atoms with van der Waals surface area (Å²) in [6.07, 6.45) is 0.452. The summed E-state index contributed by atoms with van der Waals surface area (Å²) >= 11 is 1.55.